The maximum atomic E-state index is 12.2. The lowest BCUT2D eigenvalue weighted by Gasteiger charge is -2.17. The molecule has 1 aromatic carbocycles. The monoisotopic (exact) mass is 324 g/mol. The second kappa shape index (κ2) is 6.26. The van der Waals surface area contributed by atoms with Gasteiger partial charge in [0, 0.05) is 31.2 Å². The number of hydrogen-bond donors (Lipinski definition) is 1. The zero-order chi connectivity index (χ0) is 15.6. The van der Waals surface area contributed by atoms with E-state index < -0.39 is 10.0 Å². The van der Waals surface area contributed by atoms with Gasteiger partial charge >= 0.3 is 0 Å². The molecule has 2 aliphatic heterocycles. The minimum Gasteiger partial charge on any atom is -0.381 e. The van der Waals surface area contributed by atoms with Crippen molar-refractivity contribution in [2.75, 3.05) is 36.4 Å². The Labute approximate surface area is 130 Å². The van der Waals surface area contributed by atoms with Gasteiger partial charge in [-0.05, 0) is 31.0 Å². The molecule has 1 N–H and O–H groups in total. The van der Waals surface area contributed by atoms with Gasteiger partial charge in [-0.3, -0.25) is 9.10 Å². The minimum absolute atomic E-state index is 0.172. The Hall–Kier alpha value is -1.60. The fraction of sp³-hybridized carbons (Fsp3) is 0.533. The van der Waals surface area contributed by atoms with Gasteiger partial charge in [0.25, 0.3) is 5.91 Å². The third-order valence-electron chi connectivity index (χ3n) is 4.07. The van der Waals surface area contributed by atoms with Gasteiger partial charge in [-0.15, -0.1) is 0 Å². The van der Waals surface area contributed by atoms with Crippen molar-refractivity contribution in [2.24, 2.45) is 5.92 Å². The molecular formula is C15H20N2O4S. The van der Waals surface area contributed by atoms with E-state index in [0.29, 0.717) is 43.3 Å². The van der Waals surface area contributed by atoms with Gasteiger partial charge in [-0.1, -0.05) is 6.07 Å². The molecule has 0 bridgehead atoms. The Morgan fingerprint density at radius 1 is 1.41 bits per heavy atom. The molecular weight excluding hydrogens is 304 g/mol. The fourth-order valence-corrected chi connectivity index (χ4v) is 4.37. The predicted octanol–water partition coefficient (Wildman–Crippen LogP) is 0.993. The Balaban J connectivity index is 1.69. The molecule has 1 aromatic rings. The van der Waals surface area contributed by atoms with Gasteiger partial charge in [0.1, 0.15) is 0 Å². The number of carbonyl (C=O) groups is 1. The highest BCUT2D eigenvalue weighted by Crippen LogP contribution is 2.24. The van der Waals surface area contributed by atoms with E-state index in [0.717, 1.165) is 13.0 Å². The first-order valence-corrected chi connectivity index (χ1v) is 9.13. The largest absolute Gasteiger partial charge is 0.381 e. The highest BCUT2D eigenvalue weighted by atomic mass is 32.2. The van der Waals surface area contributed by atoms with Crippen LogP contribution in [0.1, 0.15) is 23.2 Å². The first-order valence-electron chi connectivity index (χ1n) is 7.53. The summed E-state index contributed by atoms with van der Waals surface area (Å²) in [6, 6.07) is 6.79. The molecule has 0 saturated carbocycles. The summed E-state index contributed by atoms with van der Waals surface area (Å²) in [4.78, 5) is 12.2. The Morgan fingerprint density at radius 3 is 2.95 bits per heavy atom. The van der Waals surface area contributed by atoms with Crippen molar-refractivity contribution in [3.63, 3.8) is 0 Å². The number of anilines is 1. The highest BCUT2D eigenvalue weighted by Gasteiger charge is 2.28. The van der Waals surface area contributed by atoms with Crippen LogP contribution in [0.3, 0.4) is 0 Å². The summed E-state index contributed by atoms with van der Waals surface area (Å²) >= 11 is 0. The molecule has 2 fully saturated rings. The van der Waals surface area contributed by atoms with Crippen molar-refractivity contribution in [2.45, 2.75) is 12.8 Å². The third-order valence-corrected chi connectivity index (χ3v) is 5.94. The summed E-state index contributed by atoms with van der Waals surface area (Å²) in [5.41, 5.74) is 1.05. The average molecular weight is 324 g/mol. The molecule has 0 aliphatic carbocycles. The molecule has 0 aromatic heterocycles. The molecule has 0 spiro atoms. The number of carbonyl (C=O) groups excluding carboxylic acids is 1. The first-order chi connectivity index (χ1) is 10.6. The van der Waals surface area contributed by atoms with Crippen molar-refractivity contribution < 1.29 is 17.9 Å². The van der Waals surface area contributed by atoms with Crippen LogP contribution in [0.5, 0.6) is 0 Å². The van der Waals surface area contributed by atoms with Crippen LogP contribution in [0.15, 0.2) is 24.3 Å². The topological polar surface area (TPSA) is 75.7 Å². The van der Waals surface area contributed by atoms with Crippen LogP contribution in [0.25, 0.3) is 0 Å². The van der Waals surface area contributed by atoms with Gasteiger partial charge in [-0.2, -0.15) is 0 Å². The average Bonchev–Trinajstić information content (AvgIpc) is 3.13. The van der Waals surface area contributed by atoms with E-state index in [1.807, 2.05) is 0 Å². The summed E-state index contributed by atoms with van der Waals surface area (Å²) in [7, 11) is -3.22. The first kappa shape index (κ1) is 15.3. The van der Waals surface area contributed by atoms with E-state index in [1.165, 1.54) is 4.31 Å². The predicted molar refractivity (Wildman–Crippen MR) is 83.5 cm³/mol. The number of nitrogens with zero attached hydrogens (tertiary/aromatic N) is 1. The number of sulfonamides is 1. The van der Waals surface area contributed by atoms with Crippen molar-refractivity contribution in [1.82, 2.24) is 5.32 Å². The Kier molecular flexibility index (Phi) is 4.35. The molecule has 3 rings (SSSR count). The number of hydrogen-bond acceptors (Lipinski definition) is 4. The highest BCUT2D eigenvalue weighted by molar-refractivity contribution is 7.93. The van der Waals surface area contributed by atoms with Gasteiger partial charge in [0.2, 0.25) is 10.0 Å². The second-order valence-corrected chi connectivity index (χ2v) is 7.74. The molecule has 1 atom stereocenters. The number of ether oxygens (including phenoxy) is 1. The molecule has 2 aliphatic rings. The van der Waals surface area contributed by atoms with Crippen molar-refractivity contribution in [1.29, 1.82) is 0 Å². The van der Waals surface area contributed by atoms with Crippen LogP contribution in [0, 0.1) is 5.92 Å². The minimum atomic E-state index is -3.22. The van der Waals surface area contributed by atoms with E-state index in [-0.39, 0.29) is 11.7 Å². The summed E-state index contributed by atoms with van der Waals surface area (Å²) < 4.78 is 30.6. The van der Waals surface area contributed by atoms with Crippen LogP contribution >= 0.6 is 0 Å². The Morgan fingerprint density at radius 2 is 2.27 bits per heavy atom. The number of benzene rings is 1. The molecule has 22 heavy (non-hydrogen) atoms. The Bertz CT molecular complexity index is 653. The van der Waals surface area contributed by atoms with Gasteiger partial charge in [0.15, 0.2) is 0 Å². The smallest absolute Gasteiger partial charge is 0.251 e. The van der Waals surface area contributed by atoms with E-state index in [9.17, 15) is 13.2 Å². The van der Waals surface area contributed by atoms with Gasteiger partial charge in [-0.25, -0.2) is 8.42 Å². The van der Waals surface area contributed by atoms with Crippen molar-refractivity contribution in [3.05, 3.63) is 29.8 Å². The van der Waals surface area contributed by atoms with Crippen LogP contribution < -0.4 is 9.62 Å². The van der Waals surface area contributed by atoms with Crippen LogP contribution in [0.2, 0.25) is 0 Å². The third kappa shape index (κ3) is 3.25. The van der Waals surface area contributed by atoms with E-state index >= 15 is 0 Å². The lowest BCUT2D eigenvalue weighted by Crippen LogP contribution is -2.30. The fourth-order valence-electron chi connectivity index (χ4n) is 2.82. The van der Waals surface area contributed by atoms with Crippen molar-refractivity contribution >= 4 is 21.6 Å². The molecule has 0 radical (unpaired) electrons. The lowest BCUT2D eigenvalue weighted by atomic mass is 10.1. The van der Waals surface area contributed by atoms with E-state index in [2.05, 4.69) is 5.32 Å². The molecule has 1 amide bonds. The molecule has 2 heterocycles. The molecule has 120 valence electrons. The van der Waals surface area contributed by atoms with Gasteiger partial charge < -0.3 is 10.1 Å². The number of nitrogens with one attached hydrogen (secondary N) is 1. The summed E-state index contributed by atoms with van der Waals surface area (Å²) in [6.07, 6.45) is 1.59. The maximum Gasteiger partial charge on any atom is 0.251 e. The van der Waals surface area contributed by atoms with Crippen LogP contribution in [-0.2, 0) is 14.8 Å². The molecule has 2 saturated heterocycles. The van der Waals surface area contributed by atoms with E-state index in [1.54, 1.807) is 24.3 Å². The second-order valence-electron chi connectivity index (χ2n) is 5.73. The number of rotatable bonds is 4. The lowest BCUT2D eigenvalue weighted by molar-refractivity contribution is 0.0945. The van der Waals surface area contributed by atoms with Crippen LogP contribution in [0.4, 0.5) is 5.69 Å². The normalized spacial score (nSPS) is 23.6. The van der Waals surface area contributed by atoms with E-state index in [4.69, 9.17) is 4.74 Å². The molecule has 7 heteroatoms. The zero-order valence-corrected chi connectivity index (χ0v) is 13.1. The zero-order valence-electron chi connectivity index (χ0n) is 12.3. The number of amides is 1. The molecule has 0 unspecified atom stereocenters. The summed E-state index contributed by atoms with van der Waals surface area (Å²) in [5.74, 6) is 0.363. The maximum absolute atomic E-state index is 12.2. The summed E-state index contributed by atoms with van der Waals surface area (Å²) in [6.45, 7) is 2.51. The van der Waals surface area contributed by atoms with Crippen molar-refractivity contribution in [3.8, 4) is 0 Å². The molecule has 6 nitrogen and oxygen atoms in total. The standard InChI is InChI=1S/C15H20N2O4S/c18-15(16-10-12-5-7-21-11-12)13-3-1-4-14(9-13)17-6-2-8-22(17,19)20/h1,3-4,9,12H,2,5-8,10-11H2,(H,16,18)/t12-/m1/s1. The quantitative estimate of drug-likeness (QED) is 0.896. The van der Waals surface area contributed by atoms with Crippen LogP contribution in [-0.4, -0.2) is 46.4 Å². The summed E-state index contributed by atoms with van der Waals surface area (Å²) in [5, 5.41) is 2.89. The SMILES string of the molecule is O=C(NC[C@H]1CCOC1)c1cccc(N2CCCS2(=O)=O)c1. The van der Waals surface area contributed by atoms with Gasteiger partial charge in [0.05, 0.1) is 18.0 Å².